The minimum absolute atomic E-state index is 0.0266. The third kappa shape index (κ3) is 6.10. The highest BCUT2D eigenvalue weighted by Crippen LogP contribution is 2.44. The number of pyridine rings is 1. The van der Waals surface area contributed by atoms with E-state index in [1.54, 1.807) is 15.8 Å². The summed E-state index contributed by atoms with van der Waals surface area (Å²) in [5, 5.41) is 7.65. The molecule has 1 aliphatic carbocycles. The highest BCUT2D eigenvalue weighted by atomic mass is 35.5. The summed E-state index contributed by atoms with van der Waals surface area (Å²) in [4.78, 5) is 32.1. The van der Waals surface area contributed by atoms with Crippen LogP contribution in [0.1, 0.15) is 66.8 Å². The summed E-state index contributed by atoms with van der Waals surface area (Å²) >= 11 is 6.44. The number of halogens is 1. The van der Waals surface area contributed by atoms with E-state index in [4.69, 9.17) is 16.3 Å². The Morgan fingerprint density at radius 2 is 1.72 bits per heavy atom. The van der Waals surface area contributed by atoms with Crippen LogP contribution in [-0.4, -0.2) is 50.4 Å². The number of nitrogens with zero attached hydrogens (tertiary/aromatic N) is 4. The number of carbonyl (C=O) groups is 2. The van der Waals surface area contributed by atoms with Crippen LogP contribution in [0.3, 0.4) is 0 Å². The Balaban J connectivity index is 1.25. The predicted octanol–water partition coefficient (Wildman–Crippen LogP) is 5.71. The fourth-order valence-electron chi connectivity index (χ4n) is 5.38. The van der Waals surface area contributed by atoms with Crippen molar-refractivity contribution >= 4 is 29.4 Å². The third-order valence-electron chi connectivity index (χ3n) is 7.12. The highest BCUT2D eigenvalue weighted by Gasteiger charge is 2.45. The first-order chi connectivity index (χ1) is 18.6. The fraction of sp³-hybridized carbons (Fsp3) is 0.400. The van der Waals surface area contributed by atoms with Crippen LogP contribution in [0.15, 0.2) is 48.8 Å². The molecule has 5 rings (SSSR count). The number of benzene rings is 1. The second kappa shape index (κ2) is 10.7. The topological polar surface area (TPSA) is 89.4 Å². The van der Waals surface area contributed by atoms with Gasteiger partial charge in [-0.05, 0) is 76.1 Å². The molecule has 3 aromatic rings. The average molecular weight is 546 g/mol. The molecule has 0 spiro atoms. The van der Waals surface area contributed by atoms with E-state index in [1.807, 2.05) is 64.1 Å². The lowest BCUT2D eigenvalue weighted by Crippen LogP contribution is -2.36. The van der Waals surface area contributed by atoms with Crippen LogP contribution in [-0.2, 0) is 4.74 Å². The molecule has 8 nitrogen and oxygen atoms in total. The Labute approximate surface area is 233 Å². The van der Waals surface area contributed by atoms with Crippen molar-refractivity contribution < 1.29 is 14.3 Å². The van der Waals surface area contributed by atoms with Crippen molar-refractivity contribution in [2.75, 3.05) is 18.4 Å². The first-order valence-electron chi connectivity index (χ1n) is 13.1. The van der Waals surface area contributed by atoms with Crippen LogP contribution in [0.5, 0.6) is 0 Å². The van der Waals surface area contributed by atoms with Gasteiger partial charge in [0.05, 0.1) is 17.3 Å². The van der Waals surface area contributed by atoms with Crippen LogP contribution in [0, 0.1) is 30.6 Å². The molecular formula is C30H32ClN5O3. The van der Waals surface area contributed by atoms with E-state index >= 15 is 0 Å². The Hall–Kier alpha value is -3.83. The van der Waals surface area contributed by atoms with Crippen LogP contribution in [0.2, 0.25) is 5.02 Å². The molecule has 9 heteroatoms. The lowest BCUT2D eigenvalue weighted by atomic mass is 10.0. The van der Waals surface area contributed by atoms with Gasteiger partial charge in [-0.15, -0.1) is 0 Å². The average Bonchev–Trinajstić information content (AvgIpc) is 3.57. The van der Waals surface area contributed by atoms with Gasteiger partial charge < -0.3 is 15.0 Å². The smallest absolute Gasteiger partial charge is 0.410 e. The quantitative estimate of drug-likeness (QED) is 0.426. The lowest BCUT2D eigenvalue weighted by molar-refractivity contribution is 0.0277. The van der Waals surface area contributed by atoms with Crippen molar-refractivity contribution in [3.63, 3.8) is 0 Å². The summed E-state index contributed by atoms with van der Waals surface area (Å²) in [7, 11) is 0. The Morgan fingerprint density at radius 1 is 1.05 bits per heavy atom. The van der Waals surface area contributed by atoms with Gasteiger partial charge in [0.25, 0.3) is 5.91 Å². The number of hydrogen-bond donors (Lipinski definition) is 1. The molecule has 39 heavy (non-hydrogen) atoms. The third-order valence-corrected chi connectivity index (χ3v) is 7.40. The number of fused-ring (bicyclic) bond motifs is 1. The molecule has 202 valence electrons. The van der Waals surface area contributed by atoms with Crippen molar-refractivity contribution in [3.8, 4) is 11.8 Å². The van der Waals surface area contributed by atoms with E-state index in [2.05, 4.69) is 27.2 Å². The molecule has 2 aromatic heterocycles. The van der Waals surface area contributed by atoms with Gasteiger partial charge in [0, 0.05) is 30.4 Å². The molecule has 1 saturated heterocycles. The molecule has 0 radical (unpaired) electrons. The van der Waals surface area contributed by atoms with E-state index < -0.39 is 5.60 Å². The van der Waals surface area contributed by atoms with Gasteiger partial charge in [-0.2, -0.15) is 5.10 Å². The summed E-state index contributed by atoms with van der Waals surface area (Å²) in [5.74, 6) is 6.98. The van der Waals surface area contributed by atoms with E-state index in [-0.39, 0.29) is 18.0 Å². The monoisotopic (exact) mass is 545 g/mol. The number of amides is 2. The zero-order valence-corrected chi connectivity index (χ0v) is 23.3. The van der Waals surface area contributed by atoms with Gasteiger partial charge in [-0.25, -0.2) is 9.78 Å². The zero-order chi connectivity index (χ0) is 27.7. The summed E-state index contributed by atoms with van der Waals surface area (Å²) in [6.45, 7) is 8.79. The van der Waals surface area contributed by atoms with Gasteiger partial charge in [-0.1, -0.05) is 41.6 Å². The largest absolute Gasteiger partial charge is 0.444 e. The molecule has 1 N–H and O–H groups in total. The van der Waals surface area contributed by atoms with E-state index in [1.165, 1.54) is 6.20 Å². The number of anilines is 1. The first kappa shape index (κ1) is 26.8. The zero-order valence-electron chi connectivity index (χ0n) is 22.6. The number of likely N-dealkylation sites (tertiary alicyclic amines) is 1. The number of carbonyl (C=O) groups excluding carboxylic acids is 2. The molecule has 2 amide bonds. The second-order valence-electron chi connectivity index (χ2n) is 11.3. The number of hydrogen-bond acceptors (Lipinski definition) is 5. The number of ether oxygens (including phenoxy) is 1. The Morgan fingerprint density at radius 3 is 2.36 bits per heavy atom. The minimum atomic E-state index is -0.519. The van der Waals surface area contributed by atoms with Crippen LogP contribution in [0.4, 0.5) is 10.6 Å². The molecular weight excluding hydrogens is 514 g/mol. The maximum Gasteiger partial charge on any atom is 0.410 e. The normalized spacial score (nSPS) is 20.2. The van der Waals surface area contributed by atoms with E-state index in [9.17, 15) is 9.59 Å². The van der Waals surface area contributed by atoms with Crippen LogP contribution in [0.25, 0.3) is 0 Å². The number of nitrogens with one attached hydrogen (secondary N) is 1. The molecule has 3 atom stereocenters. The second-order valence-corrected chi connectivity index (χ2v) is 11.7. The van der Waals surface area contributed by atoms with Crippen molar-refractivity contribution in [1.29, 1.82) is 0 Å². The predicted molar refractivity (Wildman–Crippen MR) is 150 cm³/mol. The molecule has 3 heterocycles. The van der Waals surface area contributed by atoms with Crippen molar-refractivity contribution in [1.82, 2.24) is 19.7 Å². The SMILES string of the molecule is Cc1cc(C#Cc2ccccc2)cnc1NC(=O)c1c(Cl)cnn1C1C[C@@H]2CN(C(=O)OC(C)(C)C)C[C@@H]2C1. The summed E-state index contributed by atoms with van der Waals surface area (Å²) < 4.78 is 7.28. The lowest BCUT2D eigenvalue weighted by Gasteiger charge is -2.25. The molecule has 1 unspecified atom stereocenters. The fourth-order valence-corrected chi connectivity index (χ4v) is 5.60. The standard InChI is InChI=1S/C30H32ClN5O3/c1-19-12-21(11-10-20-8-6-5-7-9-20)15-32-27(19)34-28(37)26-25(31)16-33-36(26)24-13-22-17-35(18-23(22)14-24)29(38)39-30(2,3)4/h5-9,12,15-16,22-24H,13-14,17-18H2,1-4H3,(H,32,34,37)/t22-,23+,24?. The van der Waals surface area contributed by atoms with E-state index in [0.29, 0.717) is 41.5 Å². The Bertz CT molecular complexity index is 1440. The van der Waals surface area contributed by atoms with E-state index in [0.717, 1.165) is 29.5 Å². The van der Waals surface area contributed by atoms with Crippen LogP contribution < -0.4 is 5.32 Å². The molecule has 0 bridgehead atoms. The summed E-state index contributed by atoms with van der Waals surface area (Å²) in [6, 6.07) is 11.7. The molecule has 1 aliphatic heterocycles. The van der Waals surface area contributed by atoms with Crippen LogP contribution >= 0.6 is 11.6 Å². The summed E-state index contributed by atoms with van der Waals surface area (Å²) in [5.41, 5.74) is 2.27. The van der Waals surface area contributed by atoms with Gasteiger partial charge in [0.1, 0.15) is 17.1 Å². The maximum absolute atomic E-state index is 13.3. The highest BCUT2D eigenvalue weighted by molar-refractivity contribution is 6.34. The summed E-state index contributed by atoms with van der Waals surface area (Å²) in [6.07, 6.45) is 4.52. The van der Waals surface area contributed by atoms with Gasteiger partial charge in [-0.3, -0.25) is 9.48 Å². The minimum Gasteiger partial charge on any atom is -0.444 e. The first-order valence-corrected chi connectivity index (χ1v) is 13.5. The van der Waals surface area contributed by atoms with Gasteiger partial charge in [0.2, 0.25) is 0 Å². The van der Waals surface area contributed by atoms with Crippen molar-refractivity contribution in [3.05, 3.63) is 76.2 Å². The van der Waals surface area contributed by atoms with Gasteiger partial charge >= 0.3 is 6.09 Å². The number of rotatable bonds is 3. The Kier molecular flexibility index (Phi) is 7.37. The molecule has 2 fully saturated rings. The van der Waals surface area contributed by atoms with Gasteiger partial charge in [0.15, 0.2) is 0 Å². The number of aromatic nitrogens is 3. The van der Waals surface area contributed by atoms with Crippen molar-refractivity contribution in [2.24, 2.45) is 11.8 Å². The molecule has 1 aromatic carbocycles. The maximum atomic E-state index is 13.3. The van der Waals surface area contributed by atoms with Crippen molar-refractivity contribution in [2.45, 2.75) is 52.2 Å². The number of aryl methyl sites for hydroxylation is 1. The molecule has 1 saturated carbocycles. The molecule has 2 aliphatic rings.